The summed E-state index contributed by atoms with van der Waals surface area (Å²) in [5, 5.41) is -7.48. The van der Waals surface area contributed by atoms with Gasteiger partial charge < -0.3 is 0 Å². The van der Waals surface area contributed by atoms with Crippen molar-refractivity contribution in [1.82, 2.24) is 0 Å². The summed E-state index contributed by atoms with van der Waals surface area (Å²) in [5.41, 5.74) is -2.93. The van der Waals surface area contributed by atoms with Crippen LogP contribution in [0.5, 0.6) is 0 Å². The largest absolute Gasteiger partial charge is 0.0636 e. The Morgan fingerprint density at radius 1 is 0.286 bits per heavy atom. The van der Waals surface area contributed by atoms with Gasteiger partial charge in [-0.25, -0.2) is 0 Å². The molecule has 0 heterocycles. The summed E-state index contributed by atoms with van der Waals surface area (Å²) in [6, 6.07) is -23.4. The van der Waals surface area contributed by atoms with Crippen molar-refractivity contribution in [2.24, 2.45) is 0 Å². The molecule has 0 aromatic heterocycles. The van der Waals surface area contributed by atoms with Crippen LogP contribution in [-0.2, 0) is 0 Å². The van der Waals surface area contributed by atoms with Crippen LogP contribution in [0, 0.1) is 0 Å². The van der Waals surface area contributed by atoms with E-state index in [1.165, 1.54) is 0 Å². The van der Waals surface area contributed by atoms with E-state index in [1.54, 1.807) is 0 Å². The highest BCUT2D eigenvalue weighted by Crippen LogP contribution is 2.46. The van der Waals surface area contributed by atoms with Gasteiger partial charge in [0.25, 0.3) is 0 Å². The van der Waals surface area contributed by atoms with Gasteiger partial charge in [0.2, 0.25) is 0 Å². The molecule has 0 radical (unpaired) electrons. The van der Waals surface area contributed by atoms with Gasteiger partial charge in [0.15, 0.2) is 0 Å². The van der Waals surface area contributed by atoms with Crippen molar-refractivity contribution in [2.45, 2.75) is 0 Å². The number of fused-ring (bicyclic) bond motifs is 8. The van der Waals surface area contributed by atoms with Gasteiger partial charge in [0.05, 0.1) is 35.6 Å². The SMILES string of the molecule is [2H]c1c([2H])c([2H])c2c(-c3c([2H])c4c([2H])c([2H])c([2H])c([2H])c4c4c([2H])c([2H])c([2H])c([2H])c34)c3c([2H])c([2H])c([2H])c([2H])c3c(-c3c([2H])c([2H])c4c(c3[2H])c([2H])c([2H])c3c([2H])c([2H])c([2H])c([2H])c34)c2c1[2H]. The number of hydrogen-bond donors (Lipinski definition) is 0. The number of rotatable bonds is 2. The van der Waals surface area contributed by atoms with Crippen molar-refractivity contribution < 1.29 is 35.6 Å². The van der Waals surface area contributed by atoms with Crippen molar-refractivity contribution in [1.29, 1.82) is 0 Å². The minimum absolute atomic E-state index is 0.492. The van der Waals surface area contributed by atoms with Crippen LogP contribution in [0.4, 0.5) is 0 Å². The number of benzene rings is 9. The topological polar surface area (TPSA) is 0 Å². The highest BCUT2D eigenvalue weighted by atomic mass is 14.2. The van der Waals surface area contributed by atoms with Gasteiger partial charge in [-0.1, -0.05) is 145 Å². The molecule has 0 unspecified atom stereocenters. The fourth-order valence-electron chi connectivity index (χ4n) is 5.31. The molecule has 0 aliphatic carbocycles. The highest BCUT2D eigenvalue weighted by Gasteiger charge is 2.19. The zero-order chi connectivity index (χ0) is 50.2. The van der Waals surface area contributed by atoms with Crippen molar-refractivity contribution in [3.63, 3.8) is 0 Å². The molecule has 0 fully saturated rings. The molecule has 0 aliphatic rings. The van der Waals surface area contributed by atoms with E-state index < -0.39 is 244 Å². The Bertz CT molecular complexity index is 3890. The molecule has 9 rings (SSSR count). The minimum Gasteiger partial charge on any atom is -0.0616 e. The molecule has 0 heteroatoms. The molecule has 0 saturated heterocycles. The molecular formula is C42H26. The van der Waals surface area contributed by atoms with Gasteiger partial charge in [0.1, 0.15) is 0 Å². The maximum absolute atomic E-state index is 9.76. The average Bonchev–Trinajstić information content (AvgIpc) is 3.31. The Morgan fingerprint density at radius 2 is 0.714 bits per heavy atom. The molecule has 42 heavy (non-hydrogen) atoms. The summed E-state index contributed by atoms with van der Waals surface area (Å²) in [5.74, 6) is 0. The standard InChI is InChI=1S/C42H26/c1-3-13-31-27(11-1)21-22-29-25-30(23-24-33(29)31)41-36-17-7-9-19-38(36)42(39-20-10-8-18-37(39)41)40-26-28-12-2-4-14-32(28)34-15-5-6-16-35(34)40/h1-26H/i1D,2D,3D,4D,5D,6D,7D,8D,9D,10D,11D,12D,13D,14D,15D,16D,17D,18D,19D,20D,21D,22D,23D,24D,25D,26D. The maximum Gasteiger partial charge on any atom is 0.0636 e. The van der Waals surface area contributed by atoms with Crippen LogP contribution < -0.4 is 0 Å². The van der Waals surface area contributed by atoms with Crippen LogP contribution in [-0.4, -0.2) is 0 Å². The lowest BCUT2D eigenvalue weighted by molar-refractivity contribution is 1.69. The quantitative estimate of drug-likeness (QED) is 0.147. The Hall–Kier alpha value is -5.46. The van der Waals surface area contributed by atoms with E-state index in [4.69, 9.17) is 23.3 Å². The molecule has 0 amide bonds. The average molecular weight is 557 g/mol. The third-order valence-corrected chi connectivity index (χ3v) is 7.06. The lowest BCUT2D eigenvalue weighted by Crippen LogP contribution is -1.92. The van der Waals surface area contributed by atoms with Crippen LogP contribution in [0.1, 0.15) is 35.6 Å². The minimum atomic E-state index is -0.994. The summed E-state index contributed by atoms with van der Waals surface area (Å²) >= 11 is 0. The van der Waals surface area contributed by atoms with E-state index in [0.29, 0.717) is 0 Å². The van der Waals surface area contributed by atoms with E-state index in [9.17, 15) is 12.3 Å². The molecule has 0 saturated carbocycles. The summed E-state index contributed by atoms with van der Waals surface area (Å²) in [7, 11) is 0. The normalized spacial score (nSPS) is 20.5. The smallest absolute Gasteiger partial charge is 0.0616 e. The van der Waals surface area contributed by atoms with Crippen LogP contribution in [0.2, 0.25) is 0 Å². The first-order valence-corrected chi connectivity index (χ1v) is 12.5. The molecule has 194 valence electrons. The molecular weight excluding hydrogens is 504 g/mol. The van der Waals surface area contributed by atoms with Crippen molar-refractivity contribution >= 4 is 64.6 Å². The fraction of sp³-hybridized carbons (Fsp3) is 0. The zero-order valence-corrected chi connectivity index (χ0v) is 21.0. The third-order valence-electron chi connectivity index (χ3n) is 7.06. The van der Waals surface area contributed by atoms with E-state index >= 15 is 0 Å². The highest BCUT2D eigenvalue weighted by molar-refractivity contribution is 6.26. The first kappa shape index (κ1) is 9.28. The van der Waals surface area contributed by atoms with Gasteiger partial charge >= 0.3 is 0 Å². The first-order chi connectivity index (χ1) is 31.7. The Labute approximate surface area is 280 Å². The monoisotopic (exact) mass is 556 g/mol. The Kier molecular flexibility index (Phi) is 1.99. The Balaban J connectivity index is 1.69. The van der Waals surface area contributed by atoms with Crippen molar-refractivity contribution in [3.05, 3.63) is 157 Å². The second-order valence-electron chi connectivity index (χ2n) is 9.25. The van der Waals surface area contributed by atoms with E-state index in [1.807, 2.05) is 0 Å². The van der Waals surface area contributed by atoms with Crippen LogP contribution in [0.3, 0.4) is 0 Å². The van der Waals surface area contributed by atoms with Crippen LogP contribution in [0.15, 0.2) is 157 Å². The first-order valence-electron chi connectivity index (χ1n) is 25.5. The summed E-state index contributed by atoms with van der Waals surface area (Å²) in [6.07, 6.45) is 0. The van der Waals surface area contributed by atoms with Gasteiger partial charge in [0, 0.05) is 0 Å². The summed E-state index contributed by atoms with van der Waals surface area (Å²) in [4.78, 5) is 0. The predicted molar refractivity (Wildman–Crippen MR) is 182 cm³/mol. The van der Waals surface area contributed by atoms with Gasteiger partial charge in [-0.05, 0) is 99.0 Å². The van der Waals surface area contributed by atoms with Gasteiger partial charge in [-0.15, -0.1) is 0 Å². The fourth-order valence-corrected chi connectivity index (χ4v) is 5.31. The summed E-state index contributed by atoms with van der Waals surface area (Å²) in [6.45, 7) is 0. The van der Waals surface area contributed by atoms with E-state index in [0.717, 1.165) is 0 Å². The second-order valence-corrected chi connectivity index (χ2v) is 9.25. The molecule has 0 spiro atoms. The maximum atomic E-state index is 9.76. The summed E-state index contributed by atoms with van der Waals surface area (Å²) < 4.78 is 234. The van der Waals surface area contributed by atoms with E-state index in [-0.39, 0.29) is 0 Å². The van der Waals surface area contributed by atoms with Crippen molar-refractivity contribution in [2.75, 3.05) is 0 Å². The van der Waals surface area contributed by atoms with Crippen LogP contribution >= 0.6 is 0 Å². The lowest BCUT2D eigenvalue weighted by atomic mass is 9.83. The molecule has 0 nitrogen and oxygen atoms in total. The van der Waals surface area contributed by atoms with Crippen molar-refractivity contribution in [3.8, 4) is 22.3 Å². The van der Waals surface area contributed by atoms with Gasteiger partial charge in [-0.3, -0.25) is 0 Å². The molecule has 9 aromatic rings. The van der Waals surface area contributed by atoms with Crippen LogP contribution in [0.25, 0.3) is 86.9 Å². The van der Waals surface area contributed by atoms with Gasteiger partial charge in [-0.2, -0.15) is 0 Å². The molecule has 9 aromatic carbocycles. The second kappa shape index (κ2) is 9.03. The zero-order valence-electron chi connectivity index (χ0n) is 47.0. The molecule has 0 bridgehead atoms. The number of hydrogen-bond acceptors (Lipinski definition) is 0. The van der Waals surface area contributed by atoms with E-state index in [2.05, 4.69) is 0 Å². The molecule has 0 aliphatic heterocycles. The Morgan fingerprint density at radius 3 is 1.38 bits per heavy atom. The molecule has 0 N–H and O–H groups in total. The molecule has 0 atom stereocenters. The predicted octanol–water partition coefficient (Wildman–Crippen LogP) is 11.9. The third kappa shape index (κ3) is 3.36. The lowest BCUT2D eigenvalue weighted by Gasteiger charge is -2.20.